The molecule has 2 aliphatic heterocycles. The van der Waals surface area contributed by atoms with Gasteiger partial charge < -0.3 is 4.90 Å². The number of piperidine rings is 1. The van der Waals surface area contributed by atoms with Gasteiger partial charge in [0.1, 0.15) is 0 Å². The van der Waals surface area contributed by atoms with Crippen LogP contribution in [0.4, 0.5) is 13.2 Å². The molecule has 0 spiro atoms. The molecular weight excluding hydrogens is 431 g/mol. The summed E-state index contributed by atoms with van der Waals surface area (Å²) in [6.45, 7) is 8.17. The molecule has 2 fully saturated rings. The lowest BCUT2D eigenvalue weighted by Gasteiger charge is -2.41. The van der Waals surface area contributed by atoms with Crippen LogP contribution < -0.4 is 0 Å². The molecule has 0 unspecified atom stereocenters. The van der Waals surface area contributed by atoms with Crippen LogP contribution in [0.5, 0.6) is 0 Å². The van der Waals surface area contributed by atoms with Crippen LogP contribution in [0, 0.1) is 11.8 Å². The number of carbonyl (C=O) groups is 1. The maximum Gasteiger partial charge on any atom is 0.417 e. The Balaban J connectivity index is 1.67. The van der Waals surface area contributed by atoms with Crippen LogP contribution in [0.2, 0.25) is 0 Å². The van der Waals surface area contributed by atoms with Gasteiger partial charge in [-0.25, -0.2) is 8.42 Å². The smallest absolute Gasteiger partial charge is 0.341 e. The second kappa shape index (κ2) is 9.07. The molecule has 1 aromatic rings. The third kappa shape index (κ3) is 5.23. The summed E-state index contributed by atoms with van der Waals surface area (Å²) >= 11 is 0. The van der Waals surface area contributed by atoms with Crippen molar-refractivity contribution in [3.63, 3.8) is 0 Å². The van der Waals surface area contributed by atoms with E-state index in [-0.39, 0.29) is 19.0 Å². The van der Waals surface area contributed by atoms with Gasteiger partial charge >= 0.3 is 6.18 Å². The van der Waals surface area contributed by atoms with Crippen molar-refractivity contribution in [3.05, 3.63) is 29.8 Å². The fourth-order valence-electron chi connectivity index (χ4n) is 4.66. The lowest BCUT2D eigenvalue weighted by Crippen LogP contribution is -2.56. The Morgan fingerprint density at radius 2 is 1.58 bits per heavy atom. The highest BCUT2D eigenvalue weighted by molar-refractivity contribution is 7.89. The summed E-state index contributed by atoms with van der Waals surface area (Å²) in [6.07, 6.45) is -3.66. The Morgan fingerprint density at radius 1 is 1.03 bits per heavy atom. The van der Waals surface area contributed by atoms with Crippen LogP contribution >= 0.6 is 0 Å². The Hall–Kier alpha value is -1.65. The van der Waals surface area contributed by atoms with Gasteiger partial charge in [-0.05, 0) is 37.3 Å². The number of nitrogens with zero attached hydrogens (tertiary/aromatic N) is 3. The van der Waals surface area contributed by atoms with E-state index in [1.54, 1.807) is 0 Å². The summed E-state index contributed by atoms with van der Waals surface area (Å²) in [5.74, 6) is 0.906. The fraction of sp³-hybridized carbons (Fsp3) is 0.667. The third-order valence-electron chi connectivity index (χ3n) is 6.17. The van der Waals surface area contributed by atoms with E-state index >= 15 is 0 Å². The molecule has 3 atom stereocenters. The number of piperazine rings is 1. The first-order valence-corrected chi connectivity index (χ1v) is 12.0. The number of halogens is 3. The second-order valence-electron chi connectivity index (χ2n) is 8.80. The van der Waals surface area contributed by atoms with E-state index < -0.39 is 32.7 Å². The van der Waals surface area contributed by atoms with Crippen molar-refractivity contribution in [3.8, 4) is 0 Å². The number of hydrogen-bond acceptors (Lipinski definition) is 4. The highest BCUT2D eigenvalue weighted by atomic mass is 32.2. The van der Waals surface area contributed by atoms with Crippen LogP contribution in [0.3, 0.4) is 0 Å². The van der Waals surface area contributed by atoms with Gasteiger partial charge in [-0.2, -0.15) is 17.5 Å². The zero-order valence-corrected chi connectivity index (χ0v) is 18.9. The number of carbonyl (C=O) groups excluding carboxylic acids is 1. The molecule has 10 heteroatoms. The Kier molecular flexibility index (Phi) is 7.02. The van der Waals surface area contributed by atoms with Crippen molar-refractivity contribution in [2.45, 2.75) is 44.3 Å². The summed E-state index contributed by atoms with van der Waals surface area (Å²) in [5, 5.41) is 0. The average Bonchev–Trinajstić information content (AvgIpc) is 2.71. The van der Waals surface area contributed by atoms with E-state index in [0.29, 0.717) is 24.9 Å². The van der Waals surface area contributed by atoms with Crippen LogP contribution in [-0.4, -0.2) is 73.7 Å². The number of amides is 1. The number of rotatable bonds is 4. The van der Waals surface area contributed by atoms with Gasteiger partial charge in [0.25, 0.3) is 0 Å². The van der Waals surface area contributed by atoms with E-state index in [4.69, 9.17) is 0 Å². The first-order chi connectivity index (χ1) is 14.4. The molecule has 0 saturated carbocycles. The largest absolute Gasteiger partial charge is 0.417 e. The Morgan fingerprint density at radius 3 is 2.13 bits per heavy atom. The standard InChI is InChI=1S/C21H30F3N3O3S/c1-15-12-16(2)14-26(13-15)20(28)17(3)25-8-10-27(11-9-25)31(29,30)19-7-5-4-6-18(19)21(22,23)24/h4-7,15-17H,8-14H2,1-3H3/t15-,16+,17-/m0/s1. The number of hydrogen-bond donors (Lipinski definition) is 0. The monoisotopic (exact) mass is 461 g/mol. The minimum atomic E-state index is -4.75. The van der Waals surface area contributed by atoms with E-state index in [9.17, 15) is 26.4 Å². The van der Waals surface area contributed by atoms with Crippen LogP contribution in [-0.2, 0) is 21.0 Å². The molecule has 31 heavy (non-hydrogen) atoms. The van der Waals surface area contributed by atoms with Gasteiger partial charge in [0.05, 0.1) is 16.5 Å². The zero-order chi connectivity index (χ0) is 23.0. The van der Waals surface area contributed by atoms with Crippen molar-refractivity contribution >= 4 is 15.9 Å². The number of benzene rings is 1. The fourth-order valence-corrected chi connectivity index (χ4v) is 6.29. The van der Waals surface area contributed by atoms with E-state index in [1.165, 1.54) is 12.1 Å². The topological polar surface area (TPSA) is 60.9 Å². The van der Waals surface area contributed by atoms with Crippen molar-refractivity contribution in [1.29, 1.82) is 0 Å². The molecule has 1 amide bonds. The number of likely N-dealkylation sites (tertiary alicyclic amines) is 1. The SMILES string of the molecule is C[C@@H]1C[C@H](C)CN(C(=O)[C@H](C)N2CCN(S(=O)(=O)c3ccccc3C(F)(F)F)CC2)C1. The van der Waals surface area contributed by atoms with Gasteiger partial charge in [0.15, 0.2) is 0 Å². The number of sulfonamides is 1. The van der Waals surface area contributed by atoms with Gasteiger partial charge in [-0.1, -0.05) is 26.0 Å². The highest BCUT2D eigenvalue weighted by Gasteiger charge is 2.40. The minimum Gasteiger partial charge on any atom is -0.341 e. The van der Waals surface area contributed by atoms with E-state index in [2.05, 4.69) is 13.8 Å². The van der Waals surface area contributed by atoms with Gasteiger partial charge in [0.2, 0.25) is 15.9 Å². The van der Waals surface area contributed by atoms with Crippen molar-refractivity contribution in [2.75, 3.05) is 39.3 Å². The molecule has 0 bridgehead atoms. The predicted octanol–water partition coefficient (Wildman–Crippen LogP) is 2.90. The molecule has 2 aliphatic rings. The molecule has 1 aromatic carbocycles. The predicted molar refractivity (Wildman–Crippen MR) is 111 cm³/mol. The first kappa shape index (κ1) is 24.0. The minimum absolute atomic E-state index is 0.0251. The molecule has 0 aliphatic carbocycles. The molecule has 6 nitrogen and oxygen atoms in total. The van der Waals surface area contributed by atoms with Gasteiger partial charge in [0, 0.05) is 39.3 Å². The molecular formula is C21H30F3N3O3S. The maximum absolute atomic E-state index is 13.3. The number of alkyl halides is 3. The molecule has 0 aromatic heterocycles. The summed E-state index contributed by atoms with van der Waals surface area (Å²) in [5.41, 5.74) is -1.16. The quantitative estimate of drug-likeness (QED) is 0.692. The van der Waals surface area contributed by atoms with E-state index in [1.807, 2.05) is 16.7 Å². The average molecular weight is 462 g/mol. The molecule has 2 heterocycles. The summed E-state index contributed by atoms with van der Waals surface area (Å²) in [6, 6.07) is 3.85. The first-order valence-electron chi connectivity index (χ1n) is 10.6. The molecule has 2 saturated heterocycles. The van der Waals surface area contributed by atoms with Crippen LogP contribution in [0.15, 0.2) is 29.2 Å². The Labute approximate surface area is 182 Å². The molecule has 174 valence electrons. The summed E-state index contributed by atoms with van der Waals surface area (Å²) in [4.78, 5) is 16.0. The van der Waals surface area contributed by atoms with Crippen molar-refractivity contribution in [2.24, 2.45) is 11.8 Å². The molecule has 0 N–H and O–H groups in total. The van der Waals surface area contributed by atoms with Crippen LogP contribution in [0.25, 0.3) is 0 Å². The lowest BCUT2D eigenvalue weighted by atomic mass is 9.91. The summed E-state index contributed by atoms with van der Waals surface area (Å²) < 4.78 is 66.8. The zero-order valence-electron chi connectivity index (χ0n) is 18.1. The van der Waals surface area contributed by atoms with E-state index in [0.717, 1.165) is 35.9 Å². The lowest BCUT2D eigenvalue weighted by molar-refractivity contribution is -0.140. The van der Waals surface area contributed by atoms with Gasteiger partial charge in [-0.15, -0.1) is 0 Å². The molecule has 0 radical (unpaired) electrons. The van der Waals surface area contributed by atoms with Crippen molar-refractivity contribution in [1.82, 2.24) is 14.1 Å². The third-order valence-corrected chi connectivity index (χ3v) is 8.13. The summed E-state index contributed by atoms with van der Waals surface area (Å²) in [7, 11) is -4.29. The molecule has 3 rings (SSSR count). The highest BCUT2D eigenvalue weighted by Crippen LogP contribution is 2.35. The second-order valence-corrected chi connectivity index (χ2v) is 10.7. The maximum atomic E-state index is 13.3. The van der Waals surface area contributed by atoms with Crippen molar-refractivity contribution < 1.29 is 26.4 Å². The van der Waals surface area contributed by atoms with Gasteiger partial charge in [-0.3, -0.25) is 9.69 Å². The normalized spacial score (nSPS) is 25.4. The Bertz CT molecular complexity index is 889. The van der Waals surface area contributed by atoms with Crippen LogP contribution in [0.1, 0.15) is 32.8 Å².